The number of carbonyl (C=O) groups is 1. The molecule has 0 aliphatic heterocycles. The molecule has 1 aromatic rings. The lowest BCUT2D eigenvalue weighted by Gasteiger charge is -2.15. The van der Waals surface area contributed by atoms with Crippen molar-refractivity contribution >= 4 is 34.6 Å². The highest BCUT2D eigenvalue weighted by Crippen LogP contribution is 2.15. The van der Waals surface area contributed by atoms with Crippen LogP contribution in [0.25, 0.3) is 0 Å². The SMILES string of the molecule is CC(=O)Nc1cccc(NC(=S)N(C)C)c1. The van der Waals surface area contributed by atoms with Crippen LogP contribution in [-0.2, 0) is 4.79 Å². The number of rotatable bonds is 2. The second-order valence-electron chi connectivity index (χ2n) is 3.59. The summed E-state index contributed by atoms with van der Waals surface area (Å²) in [6, 6.07) is 7.40. The second kappa shape index (κ2) is 5.46. The van der Waals surface area contributed by atoms with Gasteiger partial charge in [-0.15, -0.1) is 0 Å². The maximum absolute atomic E-state index is 10.9. The number of nitrogens with zero attached hydrogens (tertiary/aromatic N) is 1. The van der Waals surface area contributed by atoms with Crippen LogP contribution < -0.4 is 10.6 Å². The van der Waals surface area contributed by atoms with Crippen LogP contribution in [0.5, 0.6) is 0 Å². The van der Waals surface area contributed by atoms with E-state index in [1.54, 1.807) is 4.90 Å². The van der Waals surface area contributed by atoms with E-state index < -0.39 is 0 Å². The standard InChI is InChI=1S/C11H15N3OS/c1-8(15)12-9-5-4-6-10(7-9)13-11(16)14(2)3/h4-7H,1-3H3,(H,12,15)(H,13,16). The average molecular weight is 237 g/mol. The van der Waals surface area contributed by atoms with E-state index >= 15 is 0 Å². The number of nitrogens with one attached hydrogen (secondary N) is 2. The van der Waals surface area contributed by atoms with Crippen LogP contribution in [0.4, 0.5) is 11.4 Å². The summed E-state index contributed by atoms with van der Waals surface area (Å²) in [5, 5.41) is 6.40. The Kier molecular flexibility index (Phi) is 4.25. The van der Waals surface area contributed by atoms with Crippen molar-refractivity contribution < 1.29 is 4.79 Å². The summed E-state index contributed by atoms with van der Waals surface area (Å²) >= 11 is 5.12. The second-order valence-corrected chi connectivity index (χ2v) is 3.97. The van der Waals surface area contributed by atoms with E-state index in [0.717, 1.165) is 11.4 Å². The quantitative estimate of drug-likeness (QED) is 0.771. The van der Waals surface area contributed by atoms with E-state index in [0.29, 0.717) is 5.11 Å². The van der Waals surface area contributed by atoms with Crippen LogP contribution in [0.3, 0.4) is 0 Å². The van der Waals surface area contributed by atoms with Crippen LogP contribution in [0.2, 0.25) is 0 Å². The number of anilines is 2. The van der Waals surface area contributed by atoms with Crippen molar-refractivity contribution in [3.05, 3.63) is 24.3 Å². The molecule has 0 atom stereocenters. The molecule has 0 unspecified atom stereocenters. The molecule has 0 bridgehead atoms. The molecule has 86 valence electrons. The molecule has 0 fully saturated rings. The topological polar surface area (TPSA) is 44.4 Å². The first-order valence-electron chi connectivity index (χ1n) is 4.85. The fraction of sp³-hybridized carbons (Fsp3) is 0.273. The molecular formula is C11H15N3OS. The third-order valence-electron chi connectivity index (χ3n) is 1.84. The van der Waals surface area contributed by atoms with Crippen molar-refractivity contribution in [2.45, 2.75) is 6.92 Å². The highest BCUT2D eigenvalue weighted by atomic mass is 32.1. The van der Waals surface area contributed by atoms with E-state index in [2.05, 4.69) is 10.6 Å². The molecule has 0 spiro atoms. The molecule has 5 heteroatoms. The molecule has 2 N–H and O–H groups in total. The van der Waals surface area contributed by atoms with Crippen molar-refractivity contribution in [3.63, 3.8) is 0 Å². The molecule has 0 radical (unpaired) electrons. The summed E-state index contributed by atoms with van der Waals surface area (Å²) < 4.78 is 0. The number of hydrogen-bond donors (Lipinski definition) is 2. The molecule has 1 aromatic carbocycles. The van der Waals surface area contributed by atoms with Gasteiger partial charge in [0.1, 0.15) is 0 Å². The molecule has 0 saturated heterocycles. The highest BCUT2D eigenvalue weighted by molar-refractivity contribution is 7.80. The maximum Gasteiger partial charge on any atom is 0.221 e. The van der Waals surface area contributed by atoms with Crippen LogP contribution in [0.1, 0.15) is 6.92 Å². The summed E-state index contributed by atoms with van der Waals surface area (Å²) in [5.41, 5.74) is 1.60. The van der Waals surface area contributed by atoms with Crippen molar-refractivity contribution in [3.8, 4) is 0 Å². The normalized spacial score (nSPS) is 9.44. The first-order chi connectivity index (χ1) is 7.49. The Morgan fingerprint density at radius 1 is 1.25 bits per heavy atom. The Morgan fingerprint density at radius 3 is 2.31 bits per heavy atom. The molecule has 0 aliphatic carbocycles. The van der Waals surface area contributed by atoms with Crippen LogP contribution >= 0.6 is 12.2 Å². The fourth-order valence-corrected chi connectivity index (χ4v) is 1.23. The molecule has 0 saturated carbocycles. The molecule has 1 amide bonds. The smallest absolute Gasteiger partial charge is 0.221 e. The zero-order chi connectivity index (χ0) is 12.1. The van der Waals surface area contributed by atoms with Crippen LogP contribution in [-0.4, -0.2) is 30.0 Å². The van der Waals surface area contributed by atoms with E-state index in [1.807, 2.05) is 38.4 Å². The van der Waals surface area contributed by atoms with E-state index in [1.165, 1.54) is 6.92 Å². The van der Waals surface area contributed by atoms with Gasteiger partial charge in [-0.3, -0.25) is 4.79 Å². The highest BCUT2D eigenvalue weighted by Gasteiger charge is 2.01. The van der Waals surface area contributed by atoms with Gasteiger partial charge in [0.05, 0.1) is 0 Å². The van der Waals surface area contributed by atoms with Gasteiger partial charge in [-0.05, 0) is 30.4 Å². The first-order valence-corrected chi connectivity index (χ1v) is 5.26. The van der Waals surface area contributed by atoms with Crippen molar-refractivity contribution in [2.75, 3.05) is 24.7 Å². The zero-order valence-electron chi connectivity index (χ0n) is 9.57. The molecule has 1 rings (SSSR count). The number of carbonyl (C=O) groups excluding carboxylic acids is 1. The summed E-state index contributed by atoms with van der Waals surface area (Å²) in [6.07, 6.45) is 0. The van der Waals surface area contributed by atoms with Crippen molar-refractivity contribution in [2.24, 2.45) is 0 Å². The summed E-state index contributed by atoms with van der Waals surface area (Å²) in [5.74, 6) is -0.0904. The van der Waals surface area contributed by atoms with Gasteiger partial charge in [0.25, 0.3) is 0 Å². The zero-order valence-corrected chi connectivity index (χ0v) is 10.4. The van der Waals surface area contributed by atoms with Gasteiger partial charge >= 0.3 is 0 Å². The largest absolute Gasteiger partial charge is 0.355 e. The predicted molar refractivity (Wildman–Crippen MR) is 70.7 cm³/mol. The van der Waals surface area contributed by atoms with E-state index in [9.17, 15) is 4.79 Å². The number of amides is 1. The van der Waals surface area contributed by atoms with Gasteiger partial charge in [0.15, 0.2) is 5.11 Å². The van der Waals surface area contributed by atoms with Crippen molar-refractivity contribution in [1.82, 2.24) is 4.90 Å². The third kappa shape index (κ3) is 3.86. The lowest BCUT2D eigenvalue weighted by molar-refractivity contribution is -0.114. The van der Waals surface area contributed by atoms with Gasteiger partial charge in [-0.2, -0.15) is 0 Å². The van der Waals surface area contributed by atoms with Gasteiger partial charge < -0.3 is 15.5 Å². The van der Waals surface area contributed by atoms with E-state index in [4.69, 9.17) is 12.2 Å². The minimum absolute atomic E-state index is 0.0904. The molecule has 0 heterocycles. The predicted octanol–water partition coefficient (Wildman–Crippen LogP) is 1.90. The molecular weight excluding hydrogens is 222 g/mol. The Morgan fingerprint density at radius 2 is 1.81 bits per heavy atom. The summed E-state index contributed by atoms with van der Waals surface area (Å²) in [7, 11) is 3.74. The minimum atomic E-state index is -0.0904. The van der Waals surface area contributed by atoms with Gasteiger partial charge in [-0.1, -0.05) is 6.07 Å². The number of benzene rings is 1. The molecule has 4 nitrogen and oxygen atoms in total. The van der Waals surface area contributed by atoms with Crippen LogP contribution in [0.15, 0.2) is 24.3 Å². The maximum atomic E-state index is 10.9. The Labute approximate surface area is 101 Å². The number of hydrogen-bond acceptors (Lipinski definition) is 2. The molecule has 0 aliphatic rings. The molecule has 0 aromatic heterocycles. The fourth-order valence-electron chi connectivity index (χ4n) is 1.11. The molecule has 16 heavy (non-hydrogen) atoms. The Balaban J connectivity index is 2.74. The van der Waals surface area contributed by atoms with Gasteiger partial charge in [0.2, 0.25) is 5.91 Å². The Hall–Kier alpha value is -1.62. The van der Waals surface area contributed by atoms with Crippen molar-refractivity contribution in [1.29, 1.82) is 0 Å². The van der Waals surface area contributed by atoms with Crippen LogP contribution in [0, 0.1) is 0 Å². The van der Waals surface area contributed by atoms with E-state index in [-0.39, 0.29) is 5.91 Å². The van der Waals surface area contributed by atoms with Gasteiger partial charge in [-0.25, -0.2) is 0 Å². The average Bonchev–Trinajstić information content (AvgIpc) is 2.16. The number of thiocarbonyl (C=S) groups is 1. The lowest BCUT2D eigenvalue weighted by Crippen LogP contribution is -2.27. The Bertz CT molecular complexity index is 404. The first kappa shape index (κ1) is 12.4. The lowest BCUT2D eigenvalue weighted by atomic mass is 10.3. The monoisotopic (exact) mass is 237 g/mol. The third-order valence-corrected chi connectivity index (χ3v) is 2.31. The van der Waals surface area contributed by atoms with Gasteiger partial charge in [0, 0.05) is 32.4 Å². The summed E-state index contributed by atoms with van der Waals surface area (Å²) in [4.78, 5) is 12.7. The summed E-state index contributed by atoms with van der Waals surface area (Å²) in [6.45, 7) is 1.48. The minimum Gasteiger partial charge on any atom is -0.355 e.